The lowest BCUT2D eigenvalue weighted by Gasteiger charge is -2.12. The molecule has 0 saturated heterocycles. The van der Waals surface area contributed by atoms with Gasteiger partial charge in [0.1, 0.15) is 21.7 Å². The number of nitrogens with zero attached hydrogens (tertiary/aromatic N) is 4. The Hall–Kier alpha value is -2.74. The van der Waals surface area contributed by atoms with Crippen molar-refractivity contribution < 1.29 is 14.0 Å². The third kappa shape index (κ3) is 3.20. The quantitative estimate of drug-likeness (QED) is 0.644. The van der Waals surface area contributed by atoms with Crippen LogP contribution in [0.5, 0.6) is 5.95 Å². The fourth-order valence-corrected chi connectivity index (χ4v) is 3.49. The second-order valence-electron chi connectivity index (χ2n) is 6.12. The molecule has 0 aromatic carbocycles. The lowest BCUT2D eigenvalue weighted by atomic mass is 10.2. The molecule has 0 amide bonds. The number of oxime groups is 1. The van der Waals surface area contributed by atoms with Crippen molar-refractivity contribution in [2.45, 2.75) is 33.3 Å². The predicted molar refractivity (Wildman–Crippen MR) is 98.4 cm³/mol. The zero-order valence-corrected chi connectivity index (χ0v) is 15.5. The van der Waals surface area contributed by atoms with Crippen molar-refractivity contribution in [3.8, 4) is 27.3 Å². The molecule has 0 atom stereocenters. The Morgan fingerprint density at radius 3 is 2.96 bits per heavy atom. The Kier molecular flexibility index (Phi) is 4.42. The van der Waals surface area contributed by atoms with Crippen molar-refractivity contribution in [1.82, 2.24) is 15.0 Å². The van der Waals surface area contributed by atoms with Crippen molar-refractivity contribution in [2.75, 3.05) is 6.61 Å². The Labute approximate surface area is 154 Å². The van der Waals surface area contributed by atoms with Crippen LogP contribution < -0.4 is 4.74 Å². The standard InChI is InChI=1S/C18H18N4O3S/c1-10(2)25-22-13-6-8-23-18-14(13)21-16(24-18)15-11(3)20-17(26-15)12-5-4-7-19-9-12/h4-5,7,9-10H,6,8H2,1-3H3. The summed E-state index contributed by atoms with van der Waals surface area (Å²) in [4.78, 5) is 19.6. The summed E-state index contributed by atoms with van der Waals surface area (Å²) in [5, 5.41) is 5.07. The van der Waals surface area contributed by atoms with Crippen LogP contribution in [0.15, 0.2) is 34.1 Å². The monoisotopic (exact) mass is 370 g/mol. The lowest BCUT2D eigenvalue weighted by molar-refractivity contribution is 0.0846. The minimum atomic E-state index is 0.00551. The molecule has 26 heavy (non-hydrogen) atoms. The van der Waals surface area contributed by atoms with Gasteiger partial charge in [0.05, 0.1) is 12.3 Å². The summed E-state index contributed by atoms with van der Waals surface area (Å²) >= 11 is 1.51. The van der Waals surface area contributed by atoms with Gasteiger partial charge >= 0.3 is 5.95 Å². The van der Waals surface area contributed by atoms with Crippen molar-refractivity contribution in [2.24, 2.45) is 5.16 Å². The molecule has 0 unspecified atom stereocenters. The molecule has 0 N–H and O–H groups in total. The van der Waals surface area contributed by atoms with Gasteiger partial charge in [0, 0.05) is 24.4 Å². The van der Waals surface area contributed by atoms with E-state index < -0.39 is 0 Å². The molecule has 0 bridgehead atoms. The molecular weight excluding hydrogens is 352 g/mol. The van der Waals surface area contributed by atoms with Gasteiger partial charge in [-0.1, -0.05) is 5.16 Å². The van der Waals surface area contributed by atoms with E-state index in [1.807, 2.05) is 32.9 Å². The Morgan fingerprint density at radius 2 is 2.19 bits per heavy atom. The first-order chi connectivity index (χ1) is 12.6. The smallest absolute Gasteiger partial charge is 0.315 e. The zero-order valence-electron chi connectivity index (χ0n) is 14.7. The first-order valence-electron chi connectivity index (χ1n) is 8.36. The fourth-order valence-electron chi connectivity index (χ4n) is 2.51. The number of pyridine rings is 1. The predicted octanol–water partition coefficient (Wildman–Crippen LogP) is 4.08. The van der Waals surface area contributed by atoms with Gasteiger partial charge in [0.15, 0.2) is 5.69 Å². The summed E-state index contributed by atoms with van der Waals surface area (Å²) in [5.74, 6) is 0.868. The highest BCUT2D eigenvalue weighted by Crippen LogP contribution is 2.38. The van der Waals surface area contributed by atoms with E-state index >= 15 is 0 Å². The van der Waals surface area contributed by atoms with Crippen LogP contribution >= 0.6 is 11.3 Å². The number of thiazole rings is 1. The van der Waals surface area contributed by atoms with Crippen LogP contribution in [0.2, 0.25) is 0 Å². The zero-order chi connectivity index (χ0) is 18.1. The normalized spacial score (nSPS) is 15.2. The SMILES string of the molecule is Cc1nc(-c2cccnc2)sc1-c1nc2c(o1)OCCC2=NOC(C)C. The summed E-state index contributed by atoms with van der Waals surface area (Å²) in [6.45, 7) is 6.29. The lowest BCUT2D eigenvalue weighted by Crippen LogP contribution is -2.16. The highest BCUT2D eigenvalue weighted by Gasteiger charge is 2.27. The molecule has 0 aliphatic carbocycles. The second kappa shape index (κ2) is 6.87. The molecule has 0 saturated carbocycles. The summed E-state index contributed by atoms with van der Waals surface area (Å²) in [7, 11) is 0. The number of fused-ring (bicyclic) bond motifs is 1. The second-order valence-corrected chi connectivity index (χ2v) is 7.12. The van der Waals surface area contributed by atoms with E-state index in [1.165, 1.54) is 11.3 Å². The number of aromatic nitrogens is 3. The molecular formula is C18H18N4O3S. The van der Waals surface area contributed by atoms with E-state index in [9.17, 15) is 0 Å². The van der Waals surface area contributed by atoms with Gasteiger partial charge in [0.25, 0.3) is 0 Å². The molecule has 0 radical (unpaired) electrons. The molecule has 3 aromatic heterocycles. The van der Waals surface area contributed by atoms with Crippen LogP contribution in [-0.4, -0.2) is 33.4 Å². The average Bonchev–Trinajstić information content (AvgIpc) is 3.24. The Bertz CT molecular complexity index is 947. The number of aryl methyl sites for hydroxylation is 1. The minimum absolute atomic E-state index is 0.00551. The number of oxazole rings is 1. The van der Waals surface area contributed by atoms with Gasteiger partial charge in [-0.15, -0.1) is 11.3 Å². The first-order valence-corrected chi connectivity index (χ1v) is 9.18. The van der Waals surface area contributed by atoms with E-state index in [4.69, 9.17) is 14.0 Å². The molecule has 3 aromatic rings. The largest absolute Gasteiger partial charge is 0.463 e. The maximum absolute atomic E-state index is 5.84. The number of hydrogen-bond donors (Lipinski definition) is 0. The Balaban J connectivity index is 1.70. The Morgan fingerprint density at radius 1 is 1.31 bits per heavy atom. The van der Waals surface area contributed by atoms with E-state index in [2.05, 4.69) is 20.1 Å². The van der Waals surface area contributed by atoms with Gasteiger partial charge in [-0.05, 0) is 32.9 Å². The van der Waals surface area contributed by atoms with E-state index in [0.717, 1.165) is 26.9 Å². The van der Waals surface area contributed by atoms with Gasteiger partial charge < -0.3 is 14.0 Å². The van der Waals surface area contributed by atoms with Crippen LogP contribution in [0.1, 0.15) is 31.7 Å². The van der Waals surface area contributed by atoms with Crippen LogP contribution in [0.25, 0.3) is 21.3 Å². The maximum atomic E-state index is 5.84. The molecule has 1 aliphatic heterocycles. The number of hydrogen-bond acceptors (Lipinski definition) is 8. The summed E-state index contributed by atoms with van der Waals surface area (Å²) in [5.41, 5.74) is 3.16. The van der Waals surface area contributed by atoms with Crippen LogP contribution in [-0.2, 0) is 4.84 Å². The topological polar surface area (TPSA) is 82.6 Å². The van der Waals surface area contributed by atoms with Gasteiger partial charge in [-0.25, -0.2) is 9.97 Å². The summed E-state index contributed by atoms with van der Waals surface area (Å²) < 4.78 is 11.4. The average molecular weight is 370 g/mol. The summed E-state index contributed by atoms with van der Waals surface area (Å²) in [6.07, 6.45) is 4.17. The van der Waals surface area contributed by atoms with Crippen molar-refractivity contribution in [3.05, 3.63) is 35.9 Å². The first kappa shape index (κ1) is 16.7. The van der Waals surface area contributed by atoms with Crippen LogP contribution in [0, 0.1) is 6.92 Å². The van der Waals surface area contributed by atoms with Crippen molar-refractivity contribution in [1.29, 1.82) is 0 Å². The van der Waals surface area contributed by atoms with Crippen LogP contribution in [0.3, 0.4) is 0 Å². The van der Waals surface area contributed by atoms with Gasteiger partial charge in [0.2, 0.25) is 5.89 Å². The third-order valence-corrected chi connectivity index (χ3v) is 4.91. The van der Waals surface area contributed by atoms with E-state index in [-0.39, 0.29) is 6.10 Å². The molecule has 4 heterocycles. The highest BCUT2D eigenvalue weighted by molar-refractivity contribution is 7.18. The molecule has 1 aliphatic rings. The maximum Gasteiger partial charge on any atom is 0.315 e. The number of rotatable bonds is 4. The van der Waals surface area contributed by atoms with Crippen LogP contribution in [0.4, 0.5) is 0 Å². The number of ether oxygens (including phenoxy) is 1. The van der Waals surface area contributed by atoms with Gasteiger partial charge in [-0.3, -0.25) is 4.98 Å². The summed E-state index contributed by atoms with van der Waals surface area (Å²) in [6, 6.07) is 3.87. The van der Waals surface area contributed by atoms with E-state index in [1.54, 1.807) is 12.4 Å². The van der Waals surface area contributed by atoms with Gasteiger partial charge in [-0.2, -0.15) is 0 Å². The molecule has 7 nitrogen and oxygen atoms in total. The molecule has 0 fully saturated rings. The highest BCUT2D eigenvalue weighted by atomic mass is 32.1. The molecule has 4 rings (SSSR count). The third-order valence-electron chi connectivity index (χ3n) is 3.71. The van der Waals surface area contributed by atoms with E-state index in [0.29, 0.717) is 30.6 Å². The van der Waals surface area contributed by atoms with Crippen molar-refractivity contribution >= 4 is 17.0 Å². The minimum Gasteiger partial charge on any atom is -0.463 e. The molecule has 0 spiro atoms. The fraction of sp³-hybridized carbons (Fsp3) is 0.333. The molecule has 134 valence electrons. The molecule has 8 heteroatoms. The van der Waals surface area contributed by atoms with Crippen molar-refractivity contribution in [3.63, 3.8) is 0 Å².